The lowest BCUT2D eigenvalue weighted by atomic mass is 11.5. The highest BCUT2D eigenvalue weighted by molar-refractivity contribution is 4.08. The van der Waals surface area contributed by atoms with Crippen molar-refractivity contribution >= 4 is 0 Å². The Kier molecular flexibility index (Phi) is 3.01. The van der Waals surface area contributed by atoms with Crippen molar-refractivity contribution in [3.05, 3.63) is 0 Å². The van der Waals surface area contributed by atoms with Crippen LogP contribution in [0.15, 0.2) is 0 Å². The average Bonchev–Trinajstić information content (AvgIpc) is 0.722. The van der Waals surface area contributed by atoms with Gasteiger partial charge in [0.2, 0.25) is 0 Å². The maximum absolute atomic E-state index is 9.69. The second kappa shape index (κ2) is 1.96. The third-order valence-corrected chi connectivity index (χ3v) is 0. The number of halogens is 4. The molecule has 0 fully saturated rings. The van der Waals surface area contributed by atoms with Crippen molar-refractivity contribution in [3.8, 4) is 0 Å². The summed E-state index contributed by atoms with van der Waals surface area (Å²) in [6, 6.07) is 0. The van der Waals surface area contributed by atoms with Crippen molar-refractivity contribution in [2.24, 2.45) is 0 Å². The summed E-state index contributed by atoms with van der Waals surface area (Å²) in [7, 11) is 0. The number of hydrogen-bond donors (Lipinski definition) is 0. The van der Waals surface area contributed by atoms with E-state index in [2.05, 4.69) is 0 Å². The molecule has 0 aromatic rings. The number of alkyl halides is 4. The Bertz CT molecular complexity index is 23.0. The fourth-order valence-electron chi connectivity index (χ4n) is 0. The van der Waals surface area contributed by atoms with Crippen molar-refractivity contribution in [2.75, 3.05) is 0 Å². The molecule has 6 heavy (non-hydrogen) atoms. The highest BCUT2D eigenvalue weighted by Crippen LogP contribution is 2.13. The molecule has 1 nitrogen and oxygen atoms in total. The predicted octanol–water partition coefficient (Wildman–Crippen LogP) is 0.651. The molecule has 0 atom stereocenters. The molecule has 5 heteroatoms. The third kappa shape index (κ3) is 258. The van der Waals surface area contributed by atoms with Crippen LogP contribution in [0.5, 0.6) is 0 Å². The molecule has 0 saturated carbocycles. The van der Waals surface area contributed by atoms with Crippen LogP contribution in [0.3, 0.4) is 0 Å². The Morgan fingerprint density at radius 3 is 0.833 bits per heavy atom. The molecular formula is CH2F4O. The summed E-state index contributed by atoms with van der Waals surface area (Å²) in [5.41, 5.74) is 0. The monoisotopic (exact) mass is 106 g/mol. The van der Waals surface area contributed by atoms with Crippen LogP contribution in [0, 0.1) is 0 Å². The minimum absolute atomic E-state index is 0. The van der Waals surface area contributed by atoms with Crippen LogP contribution in [0.2, 0.25) is 0 Å². The smallest absolute Gasteiger partial charge is 0.412 e. The van der Waals surface area contributed by atoms with E-state index < -0.39 is 6.43 Å². The van der Waals surface area contributed by atoms with E-state index in [4.69, 9.17) is 0 Å². The highest BCUT2D eigenvalue weighted by Gasteiger charge is 2.24. The SMILES string of the molecule is FC(F)(F)F.O. The first-order valence-corrected chi connectivity index (χ1v) is 0.756. The minimum atomic E-state index is -5.50. The molecule has 0 radical (unpaired) electrons. The van der Waals surface area contributed by atoms with Gasteiger partial charge in [0.05, 0.1) is 0 Å². The molecule has 0 heterocycles. The molecule has 0 aliphatic heterocycles. The van der Waals surface area contributed by atoms with Gasteiger partial charge in [-0.3, -0.25) is 0 Å². The fourth-order valence-corrected chi connectivity index (χ4v) is 0. The largest absolute Gasteiger partial charge is 0.559 e. The molecule has 0 rings (SSSR count). The summed E-state index contributed by atoms with van der Waals surface area (Å²) in [6.45, 7) is 0. The number of hydrogen-bond acceptors (Lipinski definition) is 0. The van der Waals surface area contributed by atoms with Gasteiger partial charge >= 0.3 is 6.43 Å². The van der Waals surface area contributed by atoms with Crippen LogP contribution < -0.4 is 0 Å². The van der Waals surface area contributed by atoms with Crippen LogP contribution >= 0.6 is 0 Å². The second-order valence-electron chi connectivity index (χ2n) is 0.429. The molecule has 0 spiro atoms. The number of rotatable bonds is 0. The van der Waals surface area contributed by atoms with Crippen molar-refractivity contribution < 1.29 is 23.0 Å². The summed E-state index contributed by atoms with van der Waals surface area (Å²) in [5, 5.41) is 0. The maximum Gasteiger partial charge on any atom is 0.559 e. The zero-order valence-electron chi connectivity index (χ0n) is 2.51. The van der Waals surface area contributed by atoms with Crippen LogP contribution in [0.4, 0.5) is 17.6 Å². The van der Waals surface area contributed by atoms with Gasteiger partial charge in [0.15, 0.2) is 0 Å². The summed E-state index contributed by atoms with van der Waals surface area (Å²) in [4.78, 5) is 0. The van der Waals surface area contributed by atoms with Crippen molar-refractivity contribution in [1.29, 1.82) is 0 Å². The maximum atomic E-state index is 9.69. The lowest BCUT2D eigenvalue weighted by molar-refractivity contribution is -0.237. The van der Waals surface area contributed by atoms with Gasteiger partial charge in [0.1, 0.15) is 0 Å². The summed E-state index contributed by atoms with van der Waals surface area (Å²) in [5.74, 6) is 0. The standard InChI is InChI=1S/CF4.H2O/c2-1(3,4)5;/h;1H2. The molecule has 40 valence electrons. The Morgan fingerprint density at radius 2 is 0.833 bits per heavy atom. The van der Waals surface area contributed by atoms with Crippen LogP contribution in [-0.2, 0) is 0 Å². The van der Waals surface area contributed by atoms with E-state index in [0.29, 0.717) is 0 Å². The second-order valence-corrected chi connectivity index (χ2v) is 0.429. The fraction of sp³-hybridized carbons (Fsp3) is 1.00. The molecule has 0 saturated heterocycles. The molecule has 0 aromatic heterocycles. The van der Waals surface area contributed by atoms with Crippen LogP contribution in [0.25, 0.3) is 0 Å². The van der Waals surface area contributed by atoms with E-state index in [1.54, 1.807) is 0 Å². The van der Waals surface area contributed by atoms with Crippen molar-refractivity contribution in [2.45, 2.75) is 6.43 Å². The molecule has 0 aromatic carbocycles. The lowest BCUT2D eigenvalue weighted by Crippen LogP contribution is -1.92. The first-order valence-electron chi connectivity index (χ1n) is 0.756. The zero-order valence-corrected chi connectivity index (χ0v) is 2.51. The van der Waals surface area contributed by atoms with Gasteiger partial charge in [0, 0.05) is 0 Å². The Labute approximate surface area is 30.9 Å². The van der Waals surface area contributed by atoms with Gasteiger partial charge in [-0.15, -0.1) is 17.6 Å². The molecule has 2 N–H and O–H groups in total. The van der Waals surface area contributed by atoms with E-state index >= 15 is 0 Å². The average molecular weight is 106 g/mol. The predicted molar refractivity (Wildman–Crippen MR) is 10.8 cm³/mol. The van der Waals surface area contributed by atoms with Gasteiger partial charge in [-0.1, -0.05) is 0 Å². The molecule has 0 aliphatic rings. The van der Waals surface area contributed by atoms with Gasteiger partial charge in [0.25, 0.3) is 0 Å². The first-order chi connectivity index (χ1) is 2.00. The normalized spacial score (nSPS) is 10.0. The van der Waals surface area contributed by atoms with Crippen molar-refractivity contribution in [1.82, 2.24) is 0 Å². The Balaban J connectivity index is 0. The summed E-state index contributed by atoms with van der Waals surface area (Å²) in [6.07, 6.45) is -5.50. The summed E-state index contributed by atoms with van der Waals surface area (Å²) >= 11 is 0. The Morgan fingerprint density at radius 1 is 0.833 bits per heavy atom. The van der Waals surface area contributed by atoms with Gasteiger partial charge < -0.3 is 5.48 Å². The molecular weight excluding hydrogens is 104 g/mol. The summed E-state index contributed by atoms with van der Waals surface area (Å²) < 4.78 is 38.8. The van der Waals surface area contributed by atoms with E-state index in [1.807, 2.05) is 0 Å². The first kappa shape index (κ1) is 9.19. The molecule has 0 aliphatic carbocycles. The minimum Gasteiger partial charge on any atom is -0.412 e. The van der Waals surface area contributed by atoms with Gasteiger partial charge in [-0.05, 0) is 0 Å². The third-order valence-electron chi connectivity index (χ3n) is 0. The van der Waals surface area contributed by atoms with Crippen LogP contribution in [-0.4, -0.2) is 11.9 Å². The molecule has 0 amide bonds. The lowest BCUT2D eigenvalue weighted by Gasteiger charge is -1.82. The van der Waals surface area contributed by atoms with Gasteiger partial charge in [-0.2, -0.15) is 0 Å². The van der Waals surface area contributed by atoms with E-state index in [0.717, 1.165) is 0 Å². The highest BCUT2D eigenvalue weighted by atomic mass is 19.5. The van der Waals surface area contributed by atoms with Crippen LogP contribution in [0.1, 0.15) is 0 Å². The van der Waals surface area contributed by atoms with E-state index in [9.17, 15) is 17.6 Å². The van der Waals surface area contributed by atoms with Gasteiger partial charge in [-0.25, -0.2) is 0 Å². The van der Waals surface area contributed by atoms with Crippen molar-refractivity contribution in [3.63, 3.8) is 0 Å². The quantitative estimate of drug-likeness (QED) is 0.406. The molecule has 0 bridgehead atoms. The topological polar surface area (TPSA) is 31.5 Å². The Hall–Kier alpha value is -0.320. The van der Waals surface area contributed by atoms with E-state index in [1.165, 1.54) is 0 Å². The molecule has 0 unspecified atom stereocenters. The van der Waals surface area contributed by atoms with E-state index in [-0.39, 0.29) is 5.48 Å². The zero-order chi connectivity index (χ0) is 4.50.